The largest absolute Gasteiger partial charge is 0.491 e. The average molecular weight is 250 g/mol. The summed E-state index contributed by atoms with van der Waals surface area (Å²) in [6.45, 7) is 10.1. The fourth-order valence-electron chi connectivity index (χ4n) is 1.69. The SMILES string of the molecule is CC(C)Oc1ccc(CCC(C)(O)C(C)C)cc1. The van der Waals surface area contributed by atoms with E-state index in [4.69, 9.17) is 4.74 Å². The van der Waals surface area contributed by atoms with Crippen molar-refractivity contribution in [3.05, 3.63) is 29.8 Å². The quantitative estimate of drug-likeness (QED) is 0.832. The zero-order chi connectivity index (χ0) is 13.8. The Labute approximate surface area is 111 Å². The Morgan fingerprint density at radius 2 is 1.67 bits per heavy atom. The van der Waals surface area contributed by atoms with Gasteiger partial charge in [-0.25, -0.2) is 0 Å². The minimum Gasteiger partial charge on any atom is -0.491 e. The van der Waals surface area contributed by atoms with Crippen LogP contribution in [0.4, 0.5) is 0 Å². The predicted molar refractivity (Wildman–Crippen MR) is 76.0 cm³/mol. The lowest BCUT2D eigenvalue weighted by molar-refractivity contribution is 0.00568. The van der Waals surface area contributed by atoms with Crippen molar-refractivity contribution in [2.24, 2.45) is 5.92 Å². The van der Waals surface area contributed by atoms with E-state index in [1.807, 2.05) is 32.9 Å². The van der Waals surface area contributed by atoms with Gasteiger partial charge in [-0.1, -0.05) is 26.0 Å². The van der Waals surface area contributed by atoms with E-state index in [0.29, 0.717) is 0 Å². The molecule has 0 radical (unpaired) electrons. The van der Waals surface area contributed by atoms with Crippen LogP contribution in [0.15, 0.2) is 24.3 Å². The fourth-order valence-corrected chi connectivity index (χ4v) is 1.69. The van der Waals surface area contributed by atoms with Crippen molar-refractivity contribution in [1.29, 1.82) is 0 Å². The summed E-state index contributed by atoms with van der Waals surface area (Å²) in [5, 5.41) is 10.2. The van der Waals surface area contributed by atoms with Crippen LogP contribution in [0.25, 0.3) is 0 Å². The summed E-state index contributed by atoms with van der Waals surface area (Å²) >= 11 is 0. The van der Waals surface area contributed by atoms with Crippen LogP contribution < -0.4 is 4.74 Å². The van der Waals surface area contributed by atoms with Gasteiger partial charge in [-0.3, -0.25) is 0 Å². The Balaban J connectivity index is 2.54. The Hall–Kier alpha value is -1.02. The molecule has 1 rings (SSSR count). The van der Waals surface area contributed by atoms with E-state index in [9.17, 15) is 5.11 Å². The molecule has 0 aliphatic heterocycles. The Kier molecular flexibility index (Phi) is 5.21. The van der Waals surface area contributed by atoms with Crippen LogP contribution in [0.2, 0.25) is 0 Å². The Bertz CT molecular complexity index is 350. The summed E-state index contributed by atoms with van der Waals surface area (Å²) in [7, 11) is 0. The number of rotatable bonds is 6. The van der Waals surface area contributed by atoms with Crippen LogP contribution in [0, 0.1) is 5.92 Å². The molecule has 0 saturated heterocycles. The van der Waals surface area contributed by atoms with Crippen molar-refractivity contribution < 1.29 is 9.84 Å². The maximum absolute atomic E-state index is 10.2. The monoisotopic (exact) mass is 250 g/mol. The summed E-state index contributed by atoms with van der Waals surface area (Å²) in [5.74, 6) is 1.19. The molecule has 0 saturated carbocycles. The minimum atomic E-state index is -0.590. The molecule has 0 bridgehead atoms. The molecule has 0 heterocycles. The van der Waals surface area contributed by atoms with E-state index in [0.717, 1.165) is 18.6 Å². The third-order valence-corrected chi connectivity index (χ3v) is 3.46. The zero-order valence-electron chi connectivity index (χ0n) is 12.2. The summed E-state index contributed by atoms with van der Waals surface area (Å²) in [6.07, 6.45) is 1.89. The molecule has 1 N–H and O–H groups in total. The summed E-state index contributed by atoms with van der Waals surface area (Å²) in [5.41, 5.74) is 0.652. The van der Waals surface area contributed by atoms with E-state index in [1.165, 1.54) is 5.56 Å². The molecule has 0 amide bonds. The molecule has 102 valence electrons. The molecule has 0 fully saturated rings. The molecule has 0 spiro atoms. The standard InChI is InChI=1S/C16H26O2/c1-12(2)16(5,17)11-10-14-6-8-15(9-7-14)18-13(3)4/h6-9,12-13,17H,10-11H2,1-5H3. The smallest absolute Gasteiger partial charge is 0.119 e. The van der Waals surface area contributed by atoms with Gasteiger partial charge in [0, 0.05) is 0 Å². The zero-order valence-corrected chi connectivity index (χ0v) is 12.2. The molecule has 1 unspecified atom stereocenters. The highest BCUT2D eigenvalue weighted by molar-refractivity contribution is 5.27. The molecule has 2 nitrogen and oxygen atoms in total. The van der Waals surface area contributed by atoms with Crippen molar-refractivity contribution in [3.63, 3.8) is 0 Å². The molecule has 1 aromatic rings. The van der Waals surface area contributed by atoms with Gasteiger partial charge in [0.25, 0.3) is 0 Å². The van der Waals surface area contributed by atoms with Crippen LogP contribution in [0.5, 0.6) is 5.75 Å². The average Bonchev–Trinajstić information content (AvgIpc) is 2.27. The van der Waals surface area contributed by atoms with Crippen molar-refractivity contribution in [3.8, 4) is 5.75 Å². The van der Waals surface area contributed by atoms with Gasteiger partial charge in [-0.15, -0.1) is 0 Å². The number of aryl methyl sites for hydroxylation is 1. The molecule has 1 aromatic carbocycles. The van der Waals surface area contributed by atoms with E-state index >= 15 is 0 Å². The van der Waals surface area contributed by atoms with Crippen LogP contribution in [0.1, 0.15) is 46.6 Å². The van der Waals surface area contributed by atoms with E-state index in [-0.39, 0.29) is 12.0 Å². The minimum absolute atomic E-state index is 0.206. The highest BCUT2D eigenvalue weighted by Crippen LogP contribution is 2.23. The molecule has 18 heavy (non-hydrogen) atoms. The normalized spacial score (nSPS) is 14.9. The lowest BCUT2D eigenvalue weighted by Crippen LogP contribution is -2.31. The third-order valence-electron chi connectivity index (χ3n) is 3.46. The van der Waals surface area contributed by atoms with Gasteiger partial charge in [0.2, 0.25) is 0 Å². The van der Waals surface area contributed by atoms with Crippen molar-refractivity contribution in [2.45, 2.75) is 59.2 Å². The molecule has 0 aliphatic carbocycles. The molecule has 2 heteroatoms. The first kappa shape index (κ1) is 15.0. The lowest BCUT2D eigenvalue weighted by atomic mass is 9.87. The van der Waals surface area contributed by atoms with E-state index in [2.05, 4.69) is 26.0 Å². The number of aliphatic hydroxyl groups is 1. The number of hydrogen-bond donors (Lipinski definition) is 1. The van der Waals surface area contributed by atoms with Crippen LogP contribution in [-0.4, -0.2) is 16.8 Å². The van der Waals surface area contributed by atoms with Crippen molar-refractivity contribution in [1.82, 2.24) is 0 Å². The topological polar surface area (TPSA) is 29.5 Å². The van der Waals surface area contributed by atoms with E-state index in [1.54, 1.807) is 0 Å². The Morgan fingerprint density at radius 1 is 1.11 bits per heavy atom. The van der Waals surface area contributed by atoms with Gasteiger partial charge in [0.15, 0.2) is 0 Å². The molecule has 0 aliphatic rings. The molecule has 0 aromatic heterocycles. The first-order valence-electron chi connectivity index (χ1n) is 6.79. The van der Waals surface area contributed by atoms with Gasteiger partial charge in [0.1, 0.15) is 5.75 Å². The number of ether oxygens (including phenoxy) is 1. The van der Waals surface area contributed by atoms with Gasteiger partial charge < -0.3 is 9.84 Å². The van der Waals surface area contributed by atoms with E-state index < -0.39 is 5.60 Å². The molecular formula is C16H26O2. The lowest BCUT2D eigenvalue weighted by Gasteiger charge is -2.27. The first-order valence-corrected chi connectivity index (χ1v) is 6.79. The van der Waals surface area contributed by atoms with Crippen LogP contribution in [-0.2, 0) is 6.42 Å². The summed E-state index contributed by atoms with van der Waals surface area (Å²) in [6, 6.07) is 8.15. The van der Waals surface area contributed by atoms with Gasteiger partial charge in [0.05, 0.1) is 11.7 Å². The van der Waals surface area contributed by atoms with Gasteiger partial charge in [-0.05, 0) is 57.2 Å². The highest BCUT2D eigenvalue weighted by Gasteiger charge is 2.24. The summed E-state index contributed by atoms with van der Waals surface area (Å²) in [4.78, 5) is 0. The molecule has 1 atom stereocenters. The summed E-state index contributed by atoms with van der Waals surface area (Å²) < 4.78 is 5.60. The second-order valence-corrected chi connectivity index (χ2v) is 5.82. The number of hydrogen-bond acceptors (Lipinski definition) is 2. The third kappa shape index (κ3) is 4.69. The Morgan fingerprint density at radius 3 is 2.11 bits per heavy atom. The van der Waals surface area contributed by atoms with Gasteiger partial charge >= 0.3 is 0 Å². The molecular weight excluding hydrogens is 224 g/mol. The van der Waals surface area contributed by atoms with Crippen LogP contribution in [0.3, 0.4) is 0 Å². The maximum atomic E-state index is 10.2. The highest BCUT2D eigenvalue weighted by atomic mass is 16.5. The first-order chi connectivity index (χ1) is 8.31. The van der Waals surface area contributed by atoms with Crippen LogP contribution >= 0.6 is 0 Å². The van der Waals surface area contributed by atoms with Crippen molar-refractivity contribution in [2.75, 3.05) is 0 Å². The fraction of sp³-hybridized carbons (Fsp3) is 0.625. The second-order valence-electron chi connectivity index (χ2n) is 5.82. The number of benzene rings is 1. The second kappa shape index (κ2) is 6.24. The predicted octanol–water partition coefficient (Wildman–Crippen LogP) is 3.81. The van der Waals surface area contributed by atoms with Crippen molar-refractivity contribution >= 4 is 0 Å². The van der Waals surface area contributed by atoms with Gasteiger partial charge in [-0.2, -0.15) is 0 Å². The maximum Gasteiger partial charge on any atom is 0.119 e.